The standard InChI is InChI=1S/C10H15N3/c1-3-12-10(13-11)9-7-5-4-6-8(9)2/h4-7H,3,11H2,1-2H3,(H,12,13). The van der Waals surface area contributed by atoms with Crippen LogP contribution in [0.25, 0.3) is 0 Å². The first kappa shape index (κ1) is 9.74. The minimum atomic E-state index is 0.730. The summed E-state index contributed by atoms with van der Waals surface area (Å²) in [4.78, 5) is 4.25. The Balaban J connectivity index is 3.05. The summed E-state index contributed by atoms with van der Waals surface area (Å²) in [6.07, 6.45) is 0. The molecule has 0 unspecified atom stereocenters. The molecule has 70 valence electrons. The zero-order valence-electron chi connectivity index (χ0n) is 8.04. The van der Waals surface area contributed by atoms with Gasteiger partial charge in [-0.15, -0.1) is 0 Å². The van der Waals surface area contributed by atoms with Gasteiger partial charge in [0.2, 0.25) is 0 Å². The first-order valence-corrected chi connectivity index (χ1v) is 4.36. The van der Waals surface area contributed by atoms with Crippen molar-refractivity contribution in [2.75, 3.05) is 6.54 Å². The highest BCUT2D eigenvalue weighted by Crippen LogP contribution is 2.06. The Morgan fingerprint density at radius 2 is 2.15 bits per heavy atom. The predicted molar refractivity (Wildman–Crippen MR) is 55.6 cm³/mol. The molecule has 0 aliphatic rings. The molecule has 0 aromatic heterocycles. The summed E-state index contributed by atoms with van der Waals surface area (Å²) in [5.41, 5.74) is 4.85. The zero-order valence-corrected chi connectivity index (χ0v) is 8.04. The molecule has 0 spiro atoms. The van der Waals surface area contributed by atoms with Gasteiger partial charge in [-0.3, -0.25) is 4.99 Å². The first-order chi connectivity index (χ1) is 6.29. The summed E-state index contributed by atoms with van der Waals surface area (Å²) in [5.74, 6) is 6.13. The van der Waals surface area contributed by atoms with Crippen LogP contribution in [0.4, 0.5) is 0 Å². The van der Waals surface area contributed by atoms with Gasteiger partial charge >= 0.3 is 0 Å². The predicted octanol–water partition coefficient (Wildman–Crippen LogP) is 1.22. The molecule has 1 aromatic rings. The number of hydrogen-bond acceptors (Lipinski definition) is 2. The monoisotopic (exact) mass is 177 g/mol. The Morgan fingerprint density at radius 3 is 2.69 bits per heavy atom. The second-order valence-electron chi connectivity index (χ2n) is 2.78. The van der Waals surface area contributed by atoms with E-state index >= 15 is 0 Å². The Hall–Kier alpha value is -1.35. The number of hydrogen-bond donors (Lipinski definition) is 2. The number of aliphatic imine (C=N–C) groups is 1. The minimum absolute atomic E-state index is 0.730. The molecule has 0 aliphatic carbocycles. The molecule has 0 saturated heterocycles. The highest BCUT2D eigenvalue weighted by Gasteiger charge is 2.02. The molecule has 13 heavy (non-hydrogen) atoms. The molecule has 0 amide bonds. The third kappa shape index (κ3) is 2.29. The largest absolute Gasteiger partial charge is 0.308 e. The minimum Gasteiger partial charge on any atom is -0.308 e. The lowest BCUT2D eigenvalue weighted by Crippen LogP contribution is -2.31. The number of benzene rings is 1. The third-order valence-electron chi connectivity index (χ3n) is 1.85. The fourth-order valence-electron chi connectivity index (χ4n) is 1.21. The summed E-state index contributed by atoms with van der Waals surface area (Å²) >= 11 is 0. The molecule has 0 bridgehead atoms. The van der Waals surface area contributed by atoms with Gasteiger partial charge in [-0.1, -0.05) is 24.3 Å². The van der Waals surface area contributed by atoms with E-state index in [0.29, 0.717) is 0 Å². The molecule has 0 radical (unpaired) electrons. The number of nitrogens with one attached hydrogen (secondary N) is 1. The van der Waals surface area contributed by atoms with E-state index in [2.05, 4.69) is 10.4 Å². The fraction of sp³-hybridized carbons (Fsp3) is 0.300. The fourth-order valence-corrected chi connectivity index (χ4v) is 1.21. The number of amidine groups is 1. The van der Waals surface area contributed by atoms with E-state index in [0.717, 1.165) is 17.9 Å². The van der Waals surface area contributed by atoms with Gasteiger partial charge in [0.25, 0.3) is 0 Å². The Kier molecular flexibility index (Phi) is 3.46. The Labute approximate surface area is 78.6 Å². The van der Waals surface area contributed by atoms with Crippen LogP contribution >= 0.6 is 0 Å². The zero-order chi connectivity index (χ0) is 9.68. The number of aryl methyl sites for hydroxylation is 1. The van der Waals surface area contributed by atoms with E-state index in [9.17, 15) is 0 Å². The number of nitrogens with zero attached hydrogens (tertiary/aromatic N) is 1. The van der Waals surface area contributed by atoms with Crippen LogP contribution in [0.5, 0.6) is 0 Å². The second-order valence-corrected chi connectivity index (χ2v) is 2.78. The number of rotatable bonds is 2. The maximum atomic E-state index is 5.38. The number of hydrazine groups is 1. The average Bonchev–Trinajstić information content (AvgIpc) is 2.16. The van der Waals surface area contributed by atoms with Crippen LogP contribution < -0.4 is 11.3 Å². The average molecular weight is 177 g/mol. The van der Waals surface area contributed by atoms with Gasteiger partial charge in [0.05, 0.1) is 0 Å². The van der Waals surface area contributed by atoms with Crippen LogP contribution in [-0.4, -0.2) is 12.4 Å². The highest BCUT2D eigenvalue weighted by atomic mass is 15.2. The lowest BCUT2D eigenvalue weighted by atomic mass is 10.1. The molecule has 3 heteroatoms. The summed E-state index contributed by atoms with van der Waals surface area (Å²) in [5, 5.41) is 0. The lowest BCUT2D eigenvalue weighted by Gasteiger charge is -2.07. The van der Waals surface area contributed by atoms with Gasteiger partial charge in [-0.2, -0.15) is 0 Å². The van der Waals surface area contributed by atoms with Crippen molar-refractivity contribution in [3.05, 3.63) is 35.4 Å². The van der Waals surface area contributed by atoms with Gasteiger partial charge in [-0.05, 0) is 19.4 Å². The van der Waals surface area contributed by atoms with Crippen molar-refractivity contribution in [2.24, 2.45) is 10.8 Å². The van der Waals surface area contributed by atoms with Crippen LogP contribution in [0.2, 0.25) is 0 Å². The molecule has 0 saturated carbocycles. The third-order valence-corrected chi connectivity index (χ3v) is 1.85. The van der Waals surface area contributed by atoms with Crippen molar-refractivity contribution in [2.45, 2.75) is 13.8 Å². The van der Waals surface area contributed by atoms with Gasteiger partial charge in [-0.25, -0.2) is 5.84 Å². The van der Waals surface area contributed by atoms with E-state index < -0.39 is 0 Å². The summed E-state index contributed by atoms with van der Waals surface area (Å²) in [7, 11) is 0. The quantitative estimate of drug-likeness (QED) is 0.309. The lowest BCUT2D eigenvalue weighted by molar-refractivity contribution is 0.989. The molecule has 3 N–H and O–H groups in total. The normalized spacial score (nSPS) is 11.5. The van der Waals surface area contributed by atoms with E-state index in [1.54, 1.807) is 0 Å². The van der Waals surface area contributed by atoms with Gasteiger partial charge in [0.15, 0.2) is 0 Å². The maximum Gasteiger partial charge on any atom is 0.142 e. The summed E-state index contributed by atoms with van der Waals surface area (Å²) in [6.45, 7) is 4.75. The van der Waals surface area contributed by atoms with Crippen molar-refractivity contribution in [3.63, 3.8) is 0 Å². The van der Waals surface area contributed by atoms with Gasteiger partial charge < -0.3 is 5.43 Å². The molecule has 0 heterocycles. The Morgan fingerprint density at radius 1 is 1.46 bits per heavy atom. The topological polar surface area (TPSA) is 50.4 Å². The van der Waals surface area contributed by atoms with Crippen molar-refractivity contribution in [1.82, 2.24) is 5.43 Å². The molecule has 0 fully saturated rings. The van der Waals surface area contributed by atoms with E-state index in [1.165, 1.54) is 5.56 Å². The van der Waals surface area contributed by atoms with Crippen LogP contribution in [0.1, 0.15) is 18.1 Å². The highest BCUT2D eigenvalue weighted by molar-refractivity contribution is 5.99. The summed E-state index contributed by atoms with van der Waals surface area (Å²) < 4.78 is 0. The number of nitrogens with two attached hydrogens (primary N) is 1. The SMILES string of the molecule is CCN=C(NN)c1ccccc1C. The molecular formula is C10H15N3. The van der Waals surface area contributed by atoms with Gasteiger partial charge in [0.1, 0.15) is 5.84 Å². The van der Waals surface area contributed by atoms with Crippen molar-refractivity contribution < 1.29 is 0 Å². The van der Waals surface area contributed by atoms with E-state index in [4.69, 9.17) is 5.84 Å². The molecular weight excluding hydrogens is 162 g/mol. The van der Waals surface area contributed by atoms with Crippen LogP contribution in [0.3, 0.4) is 0 Å². The first-order valence-electron chi connectivity index (χ1n) is 4.36. The Bertz CT molecular complexity index is 305. The summed E-state index contributed by atoms with van der Waals surface area (Å²) in [6, 6.07) is 8.02. The van der Waals surface area contributed by atoms with Crippen molar-refractivity contribution in [1.29, 1.82) is 0 Å². The van der Waals surface area contributed by atoms with Crippen LogP contribution in [-0.2, 0) is 0 Å². The van der Waals surface area contributed by atoms with Crippen molar-refractivity contribution in [3.8, 4) is 0 Å². The molecule has 1 rings (SSSR count). The molecule has 0 aliphatic heterocycles. The molecule has 1 aromatic carbocycles. The molecule has 0 atom stereocenters. The van der Waals surface area contributed by atoms with E-state index in [1.807, 2.05) is 38.1 Å². The van der Waals surface area contributed by atoms with Crippen LogP contribution in [0, 0.1) is 6.92 Å². The van der Waals surface area contributed by atoms with E-state index in [-0.39, 0.29) is 0 Å². The van der Waals surface area contributed by atoms with Crippen LogP contribution in [0.15, 0.2) is 29.3 Å². The van der Waals surface area contributed by atoms with Crippen molar-refractivity contribution >= 4 is 5.84 Å². The maximum absolute atomic E-state index is 5.38. The van der Waals surface area contributed by atoms with Gasteiger partial charge in [0, 0.05) is 12.1 Å². The smallest absolute Gasteiger partial charge is 0.142 e. The molecule has 3 nitrogen and oxygen atoms in total. The second kappa shape index (κ2) is 4.62.